The summed E-state index contributed by atoms with van der Waals surface area (Å²) in [7, 11) is 0. The van der Waals surface area contributed by atoms with Crippen LogP contribution in [0, 0.1) is 23.7 Å². The summed E-state index contributed by atoms with van der Waals surface area (Å²) in [6.07, 6.45) is 3.50. The summed E-state index contributed by atoms with van der Waals surface area (Å²) in [6.45, 7) is 6.36. The van der Waals surface area contributed by atoms with E-state index < -0.39 is 5.41 Å². The minimum Gasteiger partial charge on any atom is -0.339 e. The van der Waals surface area contributed by atoms with Crippen LogP contribution in [0.5, 0.6) is 0 Å². The van der Waals surface area contributed by atoms with E-state index in [0.29, 0.717) is 0 Å². The average Bonchev–Trinajstić information content (AvgIpc) is 3.07. The lowest BCUT2D eigenvalue weighted by molar-refractivity contribution is -0.140. The first-order valence-corrected chi connectivity index (χ1v) is 8.62. The van der Waals surface area contributed by atoms with E-state index in [4.69, 9.17) is 0 Å². The van der Waals surface area contributed by atoms with Crippen molar-refractivity contribution < 1.29 is 4.79 Å². The second-order valence-corrected chi connectivity index (χ2v) is 6.90. The van der Waals surface area contributed by atoms with Crippen molar-refractivity contribution in [1.82, 2.24) is 9.80 Å². The lowest BCUT2D eigenvalue weighted by Crippen LogP contribution is -2.52. The van der Waals surface area contributed by atoms with Gasteiger partial charge in [-0.2, -0.15) is 5.26 Å². The zero-order chi connectivity index (χ0) is 16.3. The number of hydrogen-bond acceptors (Lipinski definition) is 3. The summed E-state index contributed by atoms with van der Waals surface area (Å²) < 4.78 is 0. The van der Waals surface area contributed by atoms with E-state index in [1.807, 2.05) is 4.90 Å². The van der Waals surface area contributed by atoms with Crippen LogP contribution in [0.4, 0.5) is 0 Å². The quantitative estimate of drug-likeness (QED) is 0.862. The highest BCUT2D eigenvalue weighted by Gasteiger charge is 2.44. The third-order valence-electron chi connectivity index (χ3n) is 5.40. The van der Waals surface area contributed by atoms with Crippen LogP contribution in [0.1, 0.15) is 36.8 Å². The highest BCUT2D eigenvalue weighted by molar-refractivity contribution is 5.86. The lowest BCUT2D eigenvalue weighted by Gasteiger charge is -2.37. The number of piperazine rings is 1. The molecule has 0 unspecified atom stereocenters. The molecule has 0 N–H and O–H groups in total. The molecular weight excluding hydrogens is 286 g/mol. The van der Waals surface area contributed by atoms with Gasteiger partial charge in [-0.25, -0.2) is 0 Å². The molecule has 1 aliphatic heterocycles. The van der Waals surface area contributed by atoms with E-state index in [9.17, 15) is 10.1 Å². The number of hydrogen-bond donors (Lipinski definition) is 0. The van der Waals surface area contributed by atoms with Crippen molar-refractivity contribution in [2.45, 2.75) is 39.2 Å². The number of amides is 1. The minimum absolute atomic E-state index is 0.0769. The van der Waals surface area contributed by atoms with Crippen molar-refractivity contribution in [3.63, 3.8) is 0 Å². The Morgan fingerprint density at radius 3 is 2.43 bits per heavy atom. The topological polar surface area (TPSA) is 47.3 Å². The molecule has 4 heteroatoms. The summed E-state index contributed by atoms with van der Waals surface area (Å²) in [5.74, 6) is 0.0769. The maximum Gasteiger partial charge on any atom is 0.243 e. The third-order valence-corrected chi connectivity index (χ3v) is 5.40. The molecule has 3 rings (SSSR count). The van der Waals surface area contributed by atoms with Crippen LogP contribution in [0.15, 0.2) is 24.3 Å². The summed E-state index contributed by atoms with van der Waals surface area (Å²) in [4.78, 5) is 17.1. The van der Waals surface area contributed by atoms with Crippen LogP contribution in [0.2, 0.25) is 0 Å². The van der Waals surface area contributed by atoms with Crippen molar-refractivity contribution in [3.05, 3.63) is 35.4 Å². The number of benzene rings is 1. The Labute approximate surface area is 138 Å². The molecule has 1 aromatic carbocycles. The van der Waals surface area contributed by atoms with Crippen LogP contribution in [-0.4, -0.2) is 41.9 Å². The highest BCUT2D eigenvalue weighted by atomic mass is 16.2. The molecular formula is C19H25N3O. The Bertz CT molecular complexity index is 605. The molecule has 4 nitrogen and oxygen atoms in total. The van der Waals surface area contributed by atoms with Crippen LogP contribution in [0.25, 0.3) is 0 Å². The molecule has 1 heterocycles. The molecule has 0 atom stereocenters. The Balaban J connectivity index is 1.57. The Morgan fingerprint density at radius 2 is 1.83 bits per heavy atom. The second kappa shape index (κ2) is 6.72. The van der Waals surface area contributed by atoms with Crippen LogP contribution >= 0.6 is 0 Å². The van der Waals surface area contributed by atoms with Gasteiger partial charge in [0.1, 0.15) is 5.41 Å². The second-order valence-electron chi connectivity index (χ2n) is 6.90. The maximum absolute atomic E-state index is 12.8. The van der Waals surface area contributed by atoms with Crippen molar-refractivity contribution in [2.75, 3.05) is 26.2 Å². The van der Waals surface area contributed by atoms with Gasteiger partial charge in [0.25, 0.3) is 0 Å². The first-order valence-electron chi connectivity index (χ1n) is 8.62. The van der Waals surface area contributed by atoms with Crippen LogP contribution in [0.3, 0.4) is 0 Å². The Hall–Kier alpha value is -1.86. The average molecular weight is 311 g/mol. The fourth-order valence-electron chi connectivity index (χ4n) is 3.79. The van der Waals surface area contributed by atoms with E-state index in [2.05, 4.69) is 42.2 Å². The fraction of sp³-hybridized carbons (Fsp3) is 0.579. The molecule has 1 saturated carbocycles. The lowest BCUT2D eigenvalue weighted by atomic mass is 9.86. The van der Waals surface area contributed by atoms with Gasteiger partial charge in [-0.1, -0.05) is 37.1 Å². The molecule has 1 aliphatic carbocycles. The van der Waals surface area contributed by atoms with Gasteiger partial charge in [-0.3, -0.25) is 9.69 Å². The molecule has 0 radical (unpaired) electrons. The van der Waals surface area contributed by atoms with Gasteiger partial charge in [-0.05, 0) is 30.9 Å². The molecule has 0 bridgehead atoms. The van der Waals surface area contributed by atoms with Crippen molar-refractivity contribution in [2.24, 2.45) is 5.41 Å². The zero-order valence-corrected chi connectivity index (χ0v) is 13.9. The summed E-state index contributed by atoms with van der Waals surface area (Å²) in [5, 5.41) is 9.49. The largest absolute Gasteiger partial charge is 0.339 e. The SMILES string of the molecule is Cc1ccccc1CN1CCN(C(=O)C2(C#N)CCCC2)CC1. The summed E-state index contributed by atoms with van der Waals surface area (Å²) >= 11 is 0. The summed E-state index contributed by atoms with van der Waals surface area (Å²) in [5.41, 5.74) is 1.95. The normalized spacial score (nSPS) is 21.1. The van der Waals surface area contributed by atoms with Crippen molar-refractivity contribution >= 4 is 5.91 Å². The minimum atomic E-state index is -0.724. The van der Waals surface area contributed by atoms with Gasteiger partial charge in [0, 0.05) is 32.7 Å². The van der Waals surface area contributed by atoms with E-state index >= 15 is 0 Å². The number of carbonyl (C=O) groups excluding carboxylic acids is 1. The third kappa shape index (κ3) is 3.25. The van der Waals surface area contributed by atoms with Gasteiger partial charge < -0.3 is 4.90 Å². The van der Waals surface area contributed by atoms with E-state index in [1.165, 1.54) is 11.1 Å². The molecule has 2 aliphatic rings. The highest BCUT2D eigenvalue weighted by Crippen LogP contribution is 2.39. The van der Waals surface area contributed by atoms with Gasteiger partial charge in [0.2, 0.25) is 5.91 Å². The van der Waals surface area contributed by atoms with E-state index in [-0.39, 0.29) is 5.91 Å². The number of rotatable bonds is 3. The first-order chi connectivity index (χ1) is 11.1. The van der Waals surface area contributed by atoms with Crippen LogP contribution in [-0.2, 0) is 11.3 Å². The zero-order valence-electron chi connectivity index (χ0n) is 13.9. The van der Waals surface area contributed by atoms with Gasteiger partial charge in [0.05, 0.1) is 6.07 Å². The van der Waals surface area contributed by atoms with Crippen LogP contribution < -0.4 is 0 Å². The molecule has 122 valence electrons. The van der Waals surface area contributed by atoms with E-state index in [1.54, 1.807) is 0 Å². The molecule has 0 aromatic heterocycles. The standard InChI is InChI=1S/C19H25N3O/c1-16-6-2-3-7-17(16)14-21-10-12-22(13-11-21)18(23)19(15-20)8-4-5-9-19/h2-3,6-7H,4-5,8-14H2,1H3. The first kappa shape index (κ1) is 16.0. The molecule has 23 heavy (non-hydrogen) atoms. The molecule has 2 fully saturated rings. The van der Waals surface area contributed by atoms with Crippen molar-refractivity contribution in [1.29, 1.82) is 5.26 Å². The number of aryl methyl sites for hydroxylation is 1. The smallest absolute Gasteiger partial charge is 0.243 e. The van der Waals surface area contributed by atoms with Gasteiger partial charge in [-0.15, -0.1) is 0 Å². The Kier molecular flexibility index (Phi) is 4.68. The summed E-state index contributed by atoms with van der Waals surface area (Å²) in [6, 6.07) is 10.8. The van der Waals surface area contributed by atoms with Gasteiger partial charge in [0.15, 0.2) is 0 Å². The number of carbonyl (C=O) groups is 1. The predicted octanol–water partition coefficient (Wildman–Crippen LogP) is 2.72. The fourth-order valence-corrected chi connectivity index (χ4v) is 3.79. The maximum atomic E-state index is 12.8. The van der Waals surface area contributed by atoms with Gasteiger partial charge >= 0.3 is 0 Å². The molecule has 0 spiro atoms. The van der Waals surface area contributed by atoms with Crippen molar-refractivity contribution in [3.8, 4) is 6.07 Å². The number of nitrogens with zero attached hydrogens (tertiary/aromatic N) is 3. The molecule has 1 aromatic rings. The monoisotopic (exact) mass is 311 g/mol. The molecule has 1 saturated heterocycles. The predicted molar refractivity (Wildman–Crippen MR) is 89.6 cm³/mol. The van der Waals surface area contributed by atoms with E-state index in [0.717, 1.165) is 58.4 Å². The Morgan fingerprint density at radius 1 is 1.17 bits per heavy atom. The molecule has 1 amide bonds. The number of nitriles is 1.